The summed E-state index contributed by atoms with van der Waals surface area (Å²) >= 11 is 0. The van der Waals surface area contributed by atoms with Gasteiger partial charge in [-0.25, -0.2) is 0 Å². The summed E-state index contributed by atoms with van der Waals surface area (Å²) in [6, 6.07) is 25.7. The lowest BCUT2D eigenvalue weighted by atomic mass is 9.90. The van der Waals surface area contributed by atoms with Crippen molar-refractivity contribution in [3.63, 3.8) is 0 Å². The summed E-state index contributed by atoms with van der Waals surface area (Å²) in [5.74, 6) is -0.303. The molecule has 5 nitrogen and oxygen atoms in total. The molecule has 0 bridgehead atoms. The number of benzene rings is 3. The molecule has 1 atom stereocenters. The van der Waals surface area contributed by atoms with Crippen molar-refractivity contribution in [2.24, 2.45) is 0 Å². The number of hydrogen-bond acceptors (Lipinski definition) is 3. The third-order valence-electron chi connectivity index (χ3n) is 5.93. The lowest BCUT2D eigenvalue weighted by molar-refractivity contribution is -0.156. The zero-order valence-electron chi connectivity index (χ0n) is 18.5. The number of carbonyl (C=O) groups excluding carboxylic acids is 2. The van der Waals surface area contributed by atoms with Crippen LogP contribution in [0.15, 0.2) is 78.9 Å². The van der Waals surface area contributed by atoms with Crippen molar-refractivity contribution >= 4 is 11.8 Å². The van der Waals surface area contributed by atoms with E-state index in [9.17, 15) is 9.59 Å². The van der Waals surface area contributed by atoms with Crippen LogP contribution in [0.1, 0.15) is 21.5 Å². The summed E-state index contributed by atoms with van der Waals surface area (Å²) in [5.41, 5.74) is 3.97. The van der Waals surface area contributed by atoms with E-state index in [2.05, 4.69) is 42.6 Å². The van der Waals surface area contributed by atoms with E-state index in [0.29, 0.717) is 25.1 Å². The van der Waals surface area contributed by atoms with Gasteiger partial charge in [-0.1, -0.05) is 72.3 Å². The van der Waals surface area contributed by atoms with E-state index in [1.807, 2.05) is 36.4 Å². The monoisotopic (exact) mass is 428 g/mol. The van der Waals surface area contributed by atoms with Gasteiger partial charge in [-0.2, -0.15) is 0 Å². The summed E-state index contributed by atoms with van der Waals surface area (Å²) in [7, 11) is 1.60. The van der Waals surface area contributed by atoms with Gasteiger partial charge in [0.15, 0.2) is 5.60 Å². The number of nitrogens with zero attached hydrogens (tertiary/aromatic N) is 1. The summed E-state index contributed by atoms with van der Waals surface area (Å²) < 4.78 is 6.06. The van der Waals surface area contributed by atoms with E-state index in [0.717, 1.165) is 16.7 Å². The molecule has 3 aromatic carbocycles. The number of aryl methyl sites for hydroxylation is 1. The Morgan fingerprint density at radius 3 is 2.41 bits per heavy atom. The van der Waals surface area contributed by atoms with Crippen molar-refractivity contribution in [1.29, 1.82) is 0 Å². The van der Waals surface area contributed by atoms with Crippen molar-refractivity contribution in [3.8, 4) is 11.1 Å². The van der Waals surface area contributed by atoms with E-state index in [-0.39, 0.29) is 18.4 Å². The van der Waals surface area contributed by atoms with E-state index in [1.165, 1.54) is 5.56 Å². The van der Waals surface area contributed by atoms with Crippen molar-refractivity contribution in [2.45, 2.75) is 18.9 Å². The molecule has 1 fully saturated rings. The van der Waals surface area contributed by atoms with E-state index in [1.54, 1.807) is 24.1 Å². The molecule has 1 N–H and O–H groups in total. The van der Waals surface area contributed by atoms with Gasteiger partial charge >= 0.3 is 0 Å². The highest BCUT2D eigenvalue weighted by Gasteiger charge is 2.44. The highest BCUT2D eigenvalue weighted by atomic mass is 16.5. The van der Waals surface area contributed by atoms with Gasteiger partial charge < -0.3 is 15.0 Å². The highest BCUT2D eigenvalue weighted by molar-refractivity contribution is 5.95. The van der Waals surface area contributed by atoms with E-state index >= 15 is 0 Å². The van der Waals surface area contributed by atoms with E-state index < -0.39 is 5.60 Å². The zero-order chi connectivity index (χ0) is 22.6. The summed E-state index contributed by atoms with van der Waals surface area (Å²) in [5, 5.41) is 2.74. The Balaban J connectivity index is 1.57. The molecule has 0 saturated carbocycles. The Hall–Kier alpha value is -3.44. The Bertz CT molecular complexity index is 1100. The quantitative estimate of drug-likeness (QED) is 0.671. The van der Waals surface area contributed by atoms with Gasteiger partial charge in [0.2, 0.25) is 0 Å². The molecule has 1 heterocycles. The lowest BCUT2D eigenvalue weighted by Crippen LogP contribution is -2.61. The predicted molar refractivity (Wildman–Crippen MR) is 125 cm³/mol. The highest BCUT2D eigenvalue weighted by Crippen LogP contribution is 2.27. The minimum Gasteiger partial charge on any atom is -0.361 e. The van der Waals surface area contributed by atoms with Crippen LogP contribution in [-0.2, 0) is 16.0 Å². The number of amides is 2. The minimum atomic E-state index is -1.12. The average Bonchev–Trinajstić information content (AvgIpc) is 2.84. The first-order valence-electron chi connectivity index (χ1n) is 10.9. The predicted octanol–water partition coefficient (Wildman–Crippen LogP) is 3.86. The van der Waals surface area contributed by atoms with Crippen LogP contribution in [0.3, 0.4) is 0 Å². The first-order chi connectivity index (χ1) is 15.5. The van der Waals surface area contributed by atoms with Crippen LogP contribution >= 0.6 is 0 Å². The maximum Gasteiger partial charge on any atom is 0.254 e. The second-order valence-electron chi connectivity index (χ2n) is 8.26. The Kier molecular flexibility index (Phi) is 6.37. The molecular weight excluding hydrogens is 400 g/mol. The van der Waals surface area contributed by atoms with Gasteiger partial charge in [-0.3, -0.25) is 9.59 Å². The number of hydrogen-bond donors (Lipinski definition) is 1. The van der Waals surface area contributed by atoms with Crippen LogP contribution in [0.5, 0.6) is 0 Å². The van der Waals surface area contributed by atoms with Crippen LogP contribution in [0.25, 0.3) is 11.1 Å². The maximum atomic E-state index is 13.0. The molecule has 3 aromatic rings. The Morgan fingerprint density at radius 2 is 1.72 bits per heavy atom. The third-order valence-corrected chi connectivity index (χ3v) is 5.93. The van der Waals surface area contributed by atoms with Gasteiger partial charge in [-0.15, -0.1) is 0 Å². The molecule has 0 aliphatic carbocycles. The molecule has 32 heavy (non-hydrogen) atoms. The van der Waals surface area contributed by atoms with Gasteiger partial charge in [0.25, 0.3) is 11.8 Å². The van der Waals surface area contributed by atoms with Gasteiger partial charge in [-0.05, 0) is 35.7 Å². The van der Waals surface area contributed by atoms with Crippen molar-refractivity contribution < 1.29 is 14.3 Å². The molecule has 0 radical (unpaired) electrons. The molecule has 1 aliphatic rings. The number of likely N-dealkylation sites (N-methyl/N-ethyl adjacent to an activating group) is 1. The van der Waals surface area contributed by atoms with Crippen molar-refractivity contribution in [3.05, 3.63) is 95.6 Å². The molecule has 4 rings (SSSR count). The smallest absolute Gasteiger partial charge is 0.254 e. The molecule has 1 unspecified atom stereocenters. The fourth-order valence-corrected chi connectivity index (χ4v) is 4.24. The number of morpholine rings is 1. The molecule has 1 saturated heterocycles. The fraction of sp³-hybridized carbons (Fsp3) is 0.259. The van der Waals surface area contributed by atoms with Gasteiger partial charge in [0.1, 0.15) is 0 Å². The number of rotatable bonds is 5. The van der Waals surface area contributed by atoms with Crippen molar-refractivity contribution in [1.82, 2.24) is 10.2 Å². The van der Waals surface area contributed by atoms with Crippen molar-refractivity contribution in [2.75, 3.05) is 26.7 Å². The molecule has 5 heteroatoms. The molecular formula is C27H28N2O3. The molecule has 0 aromatic heterocycles. The average molecular weight is 429 g/mol. The Labute approximate surface area is 189 Å². The zero-order valence-corrected chi connectivity index (χ0v) is 18.5. The topological polar surface area (TPSA) is 58.6 Å². The summed E-state index contributed by atoms with van der Waals surface area (Å²) in [6.45, 7) is 3.06. The van der Waals surface area contributed by atoms with E-state index in [4.69, 9.17) is 4.74 Å². The first kappa shape index (κ1) is 21.8. The molecule has 1 aliphatic heterocycles. The fourth-order valence-electron chi connectivity index (χ4n) is 4.24. The number of ether oxygens (including phenoxy) is 1. The second kappa shape index (κ2) is 9.37. The third kappa shape index (κ3) is 4.58. The molecule has 0 spiro atoms. The lowest BCUT2D eigenvalue weighted by Gasteiger charge is -2.41. The minimum absolute atomic E-state index is 0.0861. The number of carbonyl (C=O) groups is 2. The first-order valence-corrected chi connectivity index (χ1v) is 10.9. The van der Waals surface area contributed by atoms with Crippen LogP contribution in [-0.4, -0.2) is 49.1 Å². The summed E-state index contributed by atoms with van der Waals surface area (Å²) in [4.78, 5) is 27.7. The van der Waals surface area contributed by atoms with Crippen LogP contribution in [0.2, 0.25) is 0 Å². The SMILES string of the molecule is CNC(=O)C1(Cc2ccc(-c3cccc(C)c3)cc2)CN(C(=O)c2ccccc2)CCO1. The second-order valence-corrected chi connectivity index (χ2v) is 8.26. The molecule has 2 amide bonds. The van der Waals surface area contributed by atoms with Crippen LogP contribution in [0.4, 0.5) is 0 Å². The number of nitrogens with one attached hydrogen (secondary N) is 1. The maximum absolute atomic E-state index is 13.0. The standard InChI is InChI=1S/C27H28N2O3/c1-20-7-6-10-24(17-20)22-13-11-21(12-14-22)18-27(26(31)28-2)19-29(15-16-32-27)25(30)23-8-4-3-5-9-23/h3-14,17H,15-16,18-19H2,1-2H3,(H,28,31). The normalized spacial score (nSPS) is 18.2. The van der Waals surface area contributed by atoms with Crippen LogP contribution in [0, 0.1) is 6.92 Å². The van der Waals surface area contributed by atoms with Crippen LogP contribution < -0.4 is 5.32 Å². The van der Waals surface area contributed by atoms with Gasteiger partial charge in [0, 0.05) is 25.6 Å². The largest absolute Gasteiger partial charge is 0.361 e. The van der Waals surface area contributed by atoms with Gasteiger partial charge in [0.05, 0.1) is 13.2 Å². The summed E-state index contributed by atoms with van der Waals surface area (Å²) in [6.07, 6.45) is 0.388. The molecule has 164 valence electrons. The Morgan fingerprint density at radius 1 is 0.969 bits per heavy atom.